The van der Waals surface area contributed by atoms with Gasteiger partial charge in [-0.2, -0.15) is 5.10 Å². The monoisotopic (exact) mass is 333 g/mol. The number of hydrogen-bond acceptors (Lipinski definition) is 4. The van der Waals surface area contributed by atoms with Crippen LogP contribution in [0.25, 0.3) is 10.9 Å². The Kier molecular flexibility index (Phi) is 3.92. The summed E-state index contributed by atoms with van der Waals surface area (Å²) >= 11 is 0. The predicted molar refractivity (Wildman–Crippen MR) is 93.5 cm³/mol. The predicted octanol–water partition coefficient (Wildman–Crippen LogP) is 3.99. The first-order valence-corrected chi connectivity index (χ1v) is 7.79. The van der Waals surface area contributed by atoms with Crippen molar-refractivity contribution in [2.24, 2.45) is 0 Å². The first-order chi connectivity index (χ1) is 12.3. The van der Waals surface area contributed by atoms with E-state index in [9.17, 15) is 4.79 Å². The summed E-state index contributed by atoms with van der Waals surface area (Å²) in [6, 6.07) is 18.8. The van der Waals surface area contributed by atoms with E-state index in [0.717, 1.165) is 22.2 Å². The number of aromatic amines is 1. The molecule has 0 saturated carbocycles. The largest absolute Gasteiger partial charge is 0.489 e. The van der Waals surface area contributed by atoms with Crippen LogP contribution in [0.1, 0.15) is 16.1 Å². The van der Waals surface area contributed by atoms with Crippen LogP contribution >= 0.6 is 0 Å². The fourth-order valence-corrected chi connectivity index (χ4v) is 2.50. The summed E-state index contributed by atoms with van der Waals surface area (Å²) < 4.78 is 10.9. The number of nitrogens with zero attached hydrogens (tertiary/aromatic N) is 1. The quantitative estimate of drug-likeness (QED) is 0.579. The van der Waals surface area contributed by atoms with Crippen LogP contribution in [0.4, 0.5) is 5.82 Å². The fraction of sp³-hybridized carbons (Fsp3) is 0.0526. The van der Waals surface area contributed by atoms with Gasteiger partial charge in [0, 0.05) is 11.5 Å². The summed E-state index contributed by atoms with van der Waals surface area (Å²) in [4.78, 5) is 12.1. The normalized spacial score (nSPS) is 10.7. The van der Waals surface area contributed by atoms with Gasteiger partial charge in [0.2, 0.25) is 0 Å². The van der Waals surface area contributed by atoms with Gasteiger partial charge in [-0.25, -0.2) is 0 Å². The number of benzene rings is 2. The summed E-state index contributed by atoms with van der Waals surface area (Å²) in [6.45, 7) is 0.489. The number of carbonyl (C=O) groups is 1. The van der Waals surface area contributed by atoms with Gasteiger partial charge >= 0.3 is 0 Å². The minimum atomic E-state index is -0.345. The molecule has 0 saturated heterocycles. The standard InChI is InChI=1S/C19H15N3O3/c23-19(17-7-4-10-24-17)20-18-15-9-8-14(11-16(15)21-22-18)25-12-13-5-2-1-3-6-13/h1-11H,12H2,(H2,20,21,22,23). The van der Waals surface area contributed by atoms with E-state index in [-0.39, 0.29) is 11.7 Å². The number of aromatic nitrogens is 2. The Labute approximate surface area is 143 Å². The summed E-state index contributed by atoms with van der Waals surface area (Å²) in [5.41, 5.74) is 1.87. The summed E-state index contributed by atoms with van der Waals surface area (Å²) in [5, 5.41) is 10.6. The molecule has 6 heteroatoms. The summed E-state index contributed by atoms with van der Waals surface area (Å²) in [7, 11) is 0. The number of carbonyl (C=O) groups excluding carboxylic acids is 1. The molecule has 0 atom stereocenters. The lowest BCUT2D eigenvalue weighted by atomic mass is 10.2. The van der Waals surface area contributed by atoms with Crippen molar-refractivity contribution in [1.82, 2.24) is 10.2 Å². The van der Waals surface area contributed by atoms with Crippen LogP contribution in [0.3, 0.4) is 0 Å². The maximum Gasteiger partial charge on any atom is 0.292 e. The molecule has 0 spiro atoms. The van der Waals surface area contributed by atoms with Gasteiger partial charge in [0.05, 0.1) is 11.8 Å². The number of ether oxygens (including phenoxy) is 1. The lowest BCUT2D eigenvalue weighted by Gasteiger charge is -2.06. The highest BCUT2D eigenvalue weighted by Crippen LogP contribution is 2.25. The second kappa shape index (κ2) is 6.52. The summed E-state index contributed by atoms with van der Waals surface area (Å²) in [6.07, 6.45) is 1.45. The minimum Gasteiger partial charge on any atom is -0.489 e. The Bertz CT molecular complexity index is 991. The number of H-pyrrole nitrogens is 1. The third kappa shape index (κ3) is 3.23. The Morgan fingerprint density at radius 2 is 2.00 bits per heavy atom. The van der Waals surface area contributed by atoms with Crippen molar-refractivity contribution in [2.75, 3.05) is 5.32 Å². The highest BCUT2D eigenvalue weighted by Gasteiger charge is 2.13. The number of amides is 1. The average molecular weight is 333 g/mol. The van der Waals surface area contributed by atoms with Gasteiger partial charge in [0.1, 0.15) is 12.4 Å². The van der Waals surface area contributed by atoms with Crippen molar-refractivity contribution < 1.29 is 13.9 Å². The number of hydrogen-bond donors (Lipinski definition) is 2. The topological polar surface area (TPSA) is 80.2 Å². The van der Waals surface area contributed by atoms with Crippen molar-refractivity contribution in [3.05, 3.63) is 78.3 Å². The highest BCUT2D eigenvalue weighted by atomic mass is 16.5. The lowest BCUT2D eigenvalue weighted by Crippen LogP contribution is -2.11. The molecular weight excluding hydrogens is 318 g/mol. The van der Waals surface area contributed by atoms with Crippen molar-refractivity contribution >= 4 is 22.6 Å². The van der Waals surface area contributed by atoms with Crippen LogP contribution in [-0.4, -0.2) is 16.1 Å². The molecule has 4 aromatic rings. The zero-order valence-corrected chi connectivity index (χ0v) is 13.2. The second-order valence-electron chi connectivity index (χ2n) is 5.49. The van der Waals surface area contributed by atoms with Gasteiger partial charge in [-0.15, -0.1) is 0 Å². The number of nitrogens with one attached hydrogen (secondary N) is 2. The molecule has 0 radical (unpaired) electrons. The Morgan fingerprint density at radius 3 is 2.80 bits per heavy atom. The second-order valence-corrected chi connectivity index (χ2v) is 5.49. The van der Waals surface area contributed by atoms with Gasteiger partial charge in [0.25, 0.3) is 5.91 Å². The van der Waals surface area contributed by atoms with E-state index >= 15 is 0 Å². The minimum absolute atomic E-state index is 0.235. The molecule has 2 N–H and O–H groups in total. The molecule has 4 rings (SSSR count). The Balaban J connectivity index is 1.50. The molecule has 2 aromatic carbocycles. The molecule has 124 valence electrons. The number of fused-ring (bicyclic) bond motifs is 1. The van der Waals surface area contributed by atoms with E-state index in [0.29, 0.717) is 12.4 Å². The van der Waals surface area contributed by atoms with Crippen LogP contribution in [-0.2, 0) is 6.61 Å². The molecule has 0 fully saturated rings. The van der Waals surface area contributed by atoms with Crippen molar-refractivity contribution in [3.63, 3.8) is 0 Å². The smallest absolute Gasteiger partial charge is 0.292 e. The molecule has 0 aliphatic carbocycles. The number of rotatable bonds is 5. The van der Waals surface area contributed by atoms with Gasteiger partial charge in [-0.05, 0) is 29.8 Å². The lowest BCUT2D eigenvalue weighted by molar-refractivity contribution is 0.0996. The number of anilines is 1. The Hall–Kier alpha value is -3.54. The van der Waals surface area contributed by atoms with Crippen molar-refractivity contribution in [3.8, 4) is 5.75 Å². The van der Waals surface area contributed by atoms with Crippen LogP contribution in [0.2, 0.25) is 0 Å². The fourth-order valence-electron chi connectivity index (χ4n) is 2.50. The van der Waals surface area contributed by atoms with E-state index in [1.54, 1.807) is 12.1 Å². The van der Waals surface area contributed by atoms with Crippen molar-refractivity contribution in [1.29, 1.82) is 0 Å². The molecule has 0 aliphatic heterocycles. The average Bonchev–Trinajstić information content (AvgIpc) is 3.31. The third-order valence-corrected chi connectivity index (χ3v) is 3.76. The molecule has 6 nitrogen and oxygen atoms in total. The molecule has 1 amide bonds. The van der Waals surface area contributed by atoms with E-state index in [4.69, 9.17) is 9.15 Å². The Morgan fingerprint density at radius 1 is 1.12 bits per heavy atom. The molecule has 0 unspecified atom stereocenters. The van der Waals surface area contributed by atoms with Crippen LogP contribution in [0.15, 0.2) is 71.3 Å². The third-order valence-electron chi connectivity index (χ3n) is 3.76. The zero-order valence-electron chi connectivity index (χ0n) is 13.2. The van der Waals surface area contributed by atoms with Crippen LogP contribution < -0.4 is 10.1 Å². The van der Waals surface area contributed by atoms with Crippen molar-refractivity contribution in [2.45, 2.75) is 6.61 Å². The van der Waals surface area contributed by atoms with E-state index < -0.39 is 0 Å². The summed E-state index contributed by atoms with van der Waals surface area (Å²) in [5.74, 6) is 1.07. The molecule has 25 heavy (non-hydrogen) atoms. The van der Waals surface area contributed by atoms with Gasteiger partial charge in [0.15, 0.2) is 11.6 Å². The molecule has 0 aliphatic rings. The van der Waals surface area contributed by atoms with E-state index in [1.165, 1.54) is 6.26 Å². The molecule has 0 bridgehead atoms. The molecule has 2 heterocycles. The molecular formula is C19H15N3O3. The first kappa shape index (κ1) is 15.0. The van der Waals surface area contributed by atoms with Gasteiger partial charge in [-0.3, -0.25) is 9.89 Å². The maximum absolute atomic E-state index is 12.1. The highest BCUT2D eigenvalue weighted by molar-refractivity contribution is 6.06. The SMILES string of the molecule is O=C(Nc1n[nH]c2cc(OCc3ccccc3)ccc12)c1ccco1. The molecule has 2 aromatic heterocycles. The van der Waals surface area contributed by atoms with Crippen LogP contribution in [0.5, 0.6) is 5.75 Å². The maximum atomic E-state index is 12.1. The zero-order chi connectivity index (χ0) is 17.1. The van der Waals surface area contributed by atoms with Gasteiger partial charge < -0.3 is 14.5 Å². The van der Waals surface area contributed by atoms with Crippen LogP contribution in [0, 0.1) is 0 Å². The van der Waals surface area contributed by atoms with Gasteiger partial charge in [-0.1, -0.05) is 30.3 Å². The number of furan rings is 1. The van der Waals surface area contributed by atoms with E-state index in [2.05, 4.69) is 15.5 Å². The first-order valence-electron chi connectivity index (χ1n) is 7.79. The van der Waals surface area contributed by atoms with E-state index in [1.807, 2.05) is 48.5 Å².